The average Bonchev–Trinajstić information content (AvgIpc) is 3.63. The summed E-state index contributed by atoms with van der Waals surface area (Å²) in [5, 5.41) is 7.94. The predicted molar refractivity (Wildman–Crippen MR) is 124 cm³/mol. The number of hydrogen-bond acceptors (Lipinski definition) is 6. The number of halogens is 1. The zero-order chi connectivity index (χ0) is 25.6. The Kier molecular flexibility index (Phi) is 4.34. The zero-order valence-electron chi connectivity index (χ0n) is 20.8. The first kappa shape index (κ1) is 17.5. The fourth-order valence-corrected chi connectivity index (χ4v) is 4.02. The maximum absolute atomic E-state index is 13.8. The number of anilines is 4. The van der Waals surface area contributed by atoms with E-state index in [1.165, 1.54) is 24.5 Å². The Morgan fingerprint density at radius 1 is 1.18 bits per heavy atom. The van der Waals surface area contributed by atoms with Gasteiger partial charge in [0.2, 0.25) is 5.91 Å². The quantitative estimate of drug-likeness (QED) is 0.550. The highest BCUT2D eigenvalue weighted by atomic mass is 19.1. The third kappa shape index (κ3) is 3.97. The number of aromatic nitrogens is 2. The molecular weight excluding hydrogens is 423 g/mol. The van der Waals surface area contributed by atoms with E-state index in [0.29, 0.717) is 17.9 Å². The topological polar surface area (TPSA) is 99.2 Å². The van der Waals surface area contributed by atoms with Gasteiger partial charge >= 0.3 is 0 Å². The van der Waals surface area contributed by atoms with Crippen molar-refractivity contribution in [2.75, 3.05) is 29.6 Å². The summed E-state index contributed by atoms with van der Waals surface area (Å²) >= 11 is 0. The van der Waals surface area contributed by atoms with Crippen LogP contribution in [0, 0.1) is 11.7 Å². The van der Waals surface area contributed by atoms with Gasteiger partial charge in [0.15, 0.2) is 0 Å². The van der Waals surface area contributed by atoms with Gasteiger partial charge in [-0.2, -0.15) is 0 Å². The zero-order valence-corrected chi connectivity index (χ0v) is 17.8. The van der Waals surface area contributed by atoms with Gasteiger partial charge in [0, 0.05) is 54.0 Å². The van der Waals surface area contributed by atoms with E-state index in [1.54, 1.807) is 12.1 Å². The maximum Gasteiger partial charge on any atom is 0.254 e. The number of pyridine rings is 2. The minimum atomic E-state index is -2.69. The molecule has 2 aromatic heterocycles. The second-order valence-electron chi connectivity index (χ2n) is 8.18. The Morgan fingerprint density at radius 2 is 2.03 bits per heavy atom. The number of carbonyl (C=O) groups excluding carboxylic acids is 2. The lowest BCUT2D eigenvalue weighted by atomic mass is 9.97. The van der Waals surface area contributed by atoms with Crippen molar-refractivity contribution in [1.82, 2.24) is 15.3 Å². The number of fused-ring (bicyclic) bond motifs is 3. The van der Waals surface area contributed by atoms with E-state index in [-0.39, 0.29) is 28.9 Å². The molecule has 3 N–H and O–H groups in total. The van der Waals surface area contributed by atoms with E-state index < -0.39 is 18.7 Å². The first-order valence-electron chi connectivity index (χ1n) is 12.0. The van der Waals surface area contributed by atoms with Crippen LogP contribution in [-0.2, 0) is 11.3 Å². The second kappa shape index (κ2) is 8.16. The fraction of sp³-hybridized carbons (Fsp3) is 0.250. The van der Waals surface area contributed by atoms with Crippen LogP contribution in [0.4, 0.5) is 27.3 Å². The van der Waals surface area contributed by atoms with Crippen LogP contribution in [0.5, 0.6) is 0 Å². The van der Waals surface area contributed by atoms with Gasteiger partial charge in [-0.1, -0.05) is 12.1 Å². The van der Waals surface area contributed by atoms with Gasteiger partial charge in [0.05, 0.1) is 34.5 Å². The molecule has 1 aromatic carbocycles. The Labute approximate surface area is 194 Å². The summed E-state index contributed by atoms with van der Waals surface area (Å²) in [5.41, 5.74) is 3.81. The summed E-state index contributed by atoms with van der Waals surface area (Å²) in [4.78, 5) is 35.4. The van der Waals surface area contributed by atoms with Crippen LogP contribution in [0.2, 0.25) is 0 Å². The third-order valence-corrected chi connectivity index (χ3v) is 5.74. The van der Waals surface area contributed by atoms with Crippen LogP contribution < -0.4 is 20.9 Å². The van der Waals surface area contributed by atoms with Gasteiger partial charge in [-0.25, -0.2) is 9.37 Å². The molecule has 0 radical (unpaired) electrons. The van der Waals surface area contributed by atoms with Crippen molar-refractivity contribution in [2.24, 2.45) is 5.92 Å². The number of benzene rings is 1. The summed E-state index contributed by atoms with van der Waals surface area (Å²) in [5.74, 6) is -1.22. The summed E-state index contributed by atoms with van der Waals surface area (Å²) in [6.45, 7) is -2.28. The number of hydrogen-bond donors (Lipinski definition) is 3. The van der Waals surface area contributed by atoms with Gasteiger partial charge in [-0.05, 0) is 25.0 Å². The number of nitrogens with one attached hydrogen (secondary N) is 3. The standard InChI is InChI=1S/C24H23FN6O2/c1-26-24(33)17-11-27-20(30-23(32)13-6-7-13)9-19(17)29-18-5-3-4-16-21-14(8-15(25)10-28-21)12-31(2)22(16)18/h3-5,8-11,13H,6-7,12H2,1-2H3,(H,26,33)(H2,27,29,30,32)/i1D3. The lowest BCUT2D eigenvalue weighted by Gasteiger charge is -2.31. The molecule has 0 atom stereocenters. The van der Waals surface area contributed by atoms with Gasteiger partial charge in [0.1, 0.15) is 11.6 Å². The minimum absolute atomic E-state index is 0.00722. The van der Waals surface area contributed by atoms with Crippen molar-refractivity contribution in [3.05, 3.63) is 59.7 Å². The summed E-state index contributed by atoms with van der Waals surface area (Å²) in [6, 6.07) is 8.43. The highest BCUT2D eigenvalue weighted by Crippen LogP contribution is 2.43. The highest BCUT2D eigenvalue weighted by Gasteiger charge is 2.30. The van der Waals surface area contributed by atoms with Gasteiger partial charge in [-0.15, -0.1) is 0 Å². The Balaban J connectivity index is 1.55. The lowest BCUT2D eigenvalue weighted by Crippen LogP contribution is -2.24. The fourth-order valence-electron chi connectivity index (χ4n) is 4.02. The molecule has 8 nitrogen and oxygen atoms in total. The number of para-hydroxylation sites is 1. The molecule has 0 unspecified atom stereocenters. The smallest absolute Gasteiger partial charge is 0.254 e. The first-order valence-corrected chi connectivity index (χ1v) is 10.5. The first-order chi connectivity index (χ1) is 17.1. The molecule has 33 heavy (non-hydrogen) atoms. The molecule has 168 valence electrons. The molecule has 1 aliphatic carbocycles. The molecule has 5 rings (SSSR count). The van der Waals surface area contributed by atoms with Gasteiger partial charge in [-0.3, -0.25) is 14.6 Å². The molecular formula is C24H23FN6O2. The summed E-state index contributed by atoms with van der Waals surface area (Å²) < 4.78 is 35.9. The molecule has 2 aliphatic rings. The van der Waals surface area contributed by atoms with Crippen molar-refractivity contribution in [2.45, 2.75) is 19.4 Å². The predicted octanol–water partition coefficient (Wildman–Crippen LogP) is 3.68. The lowest BCUT2D eigenvalue weighted by molar-refractivity contribution is -0.117. The van der Waals surface area contributed by atoms with E-state index in [4.69, 9.17) is 4.11 Å². The van der Waals surface area contributed by atoms with Crippen LogP contribution in [0.1, 0.15) is 32.9 Å². The third-order valence-electron chi connectivity index (χ3n) is 5.74. The number of carbonyl (C=O) groups is 2. The summed E-state index contributed by atoms with van der Waals surface area (Å²) in [6.07, 6.45) is 4.03. The molecule has 1 fully saturated rings. The Bertz CT molecular complexity index is 1380. The number of nitrogens with zero attached hydrogens (tertiary/aromatic N) is 3. The second-order valence-corrected chi connectivity index (χ2v) is 8.18. The van der Waals surface area contributed by atoms with Crippen LogP contribution in [0.3, 0.4) is 0 Å². The van der Waals surface area contributed by atoms with Crippen molar-refractivity contribution < 1.29 is 18.1 Å². The molecule has 2 amide bonds. The van der Waals surface area contributed by atoms with Crippen molar-refractivity contribution >= 4 is 34.7 Å². The normalized spacial score (nSPS) is 15.9. The van der Waals surface area contributed by atoms with E-state index in [2.05, 4.69) is 20.6 Å². The number of amides is 2. The van der Waals surface area contributed by atoms with Crippen molar-refractivity contribution in [3.8, 4) is 11.3 Å². The van der Waals surface area contributed by atoms with Crippen LogP contribution in [0.15, 0.2) is 42.7 Å². The largest absolute Gasteiger partial charge is 0.368 e. The highest BCUT2D eigenvalue weighted by molar-refractivity contribution is 6.02. The summed E-state index contributed by atoms with van der Waals surface area (Å²) in [7, 11) is 1.86. The molecule has 1 aliphatic heterocycles. The minimum Gasteiger partial charge on any atom is -0.368 e. The van der Waals surface area contributed by atoms with Gasteiger partial charge in [0.25, 0.3) is 5.91 Å². The molecule has 1 saturated carbocycles. The van der Waals surface area contributed by atoms with E-state index in [1.807, 2.05) is 23.3 Å². The SMILES string of the molecule is [2H]C([2H])([2H])NC(=O)c1cnc(NC(=O)C2CC2)cc1Nc1cccc2c1N(C)Cc1cc(F)cnc1-2. The van der Waals surface area contributed by atoms with Gasteiger partial charge < -0.3 is 20.9 Å². The van der Waals surface area contributed by atoms with Crippen LogP contribution in [-0.4, -0.2) is 35.8 Å². The molecule has 9 heteroatoms. The molecule has 0 saturated heterocycles. The Morgan fingerprint density at radius 3 is 2.82 bits per heavy atom. The molecule has 0 spiro atoms. The van der Waals surface area contributed by atoms with E-state index in [9.17, 15) is 14.0 Å². The van der Waals surface area contributed by atoms with Crippen molar-refractivity contribution in [3.63, 3.8) is 0 Å². The van der Waals surface area contributed by atoms with Crippen molar-refractivity contribution in [1.29, 1.82) is 0 Å². The number of rotatable bonds is 5. The van der Waals surface area contributed by atoms with Crippen LogP contribution >= 0.6 is 0 Å². The molecule has 0 bridgehead atoms. The van der Waals surface area contributed by atoms with Crippen LogP contribution in [0.25, 0.3) is 11.3 Å². The Hall–Kier alpha value is -4.01. The van der Waals surface area contributed by atoms with E-state index >= 15 is 0 Å². The monoisotopic (exact) mass is 449 g/mol. The average molecular weight is 450 g/mol. The molecule has 3 heterocycles. The molecule has 3 aromatic rings. The maximum atomic E-state index is 13.8. The van der Waals surface area contributed by atoms with E-state index in [0.717, 1.165) is 29.7 Å².